The second kappa shape index (κ2) is 11.4. The van der Waals surface area contributed by atoms with Gasteiger partial charge in [0.15, 0.2) is 5.96 Å². The van der Waals surface area contributed by atoms with Crippen LogP contribution in [0.15, 0.2) is 35.3 Å². The van der Waals surface area contributed by atoms with Crippen LogP contribution in [0.3, 0.4) is 0 Å². The van der Waals surface area contributed by atoms with Crippen molar-refractivity contribution in [2.45, 2.75) is 25.8 Å². The predicted octanol–water partition coefficient (Wildman–Crippen LogP) is 3.07. The minimum absolute atomic E-state index is 0. The van der Waals surface area contributed by atoms with Crippen LogP contribution in [0.2, 0.25) is 0 Å². The van der Waals surface area contributed by atoms with Crippen LogP contribution >= 0.6 is 24.0 Å². The summed E-state index contributed by atoms with van der Waals surface area (Å²) in [5.74, 6) is 1.82. The molecule has 0 unspecified atom stereocenters. The molecule has 0 bridgehead atoms. The third-order valence-corrected chi connectivity index (χ3v) is 5.09. The Kier molecular flexibility index (Phi) is 9.24. The number of pyridine rings is 1. The number of benzene rings is 1. The quantitative estimate of drug-likeness (QED) is 0.366. The lowest BCUT2D eigenvalue weighted by Crippen LogP contribution is -2.42. The predicted molar refractivity (Wildman–Crippen MR) is 130 cm³/mol. The number of fused-ring (bicyclic) bond motifs is 1. The van der Waals surface area contributed by atoms with Crippen molar-refractivity contribution in [3.05, 3.63) is 35.9 Å². The molecule has 0 aliphatic carbocycles. The molecule has 0 spiro atoms. The van der Waals surface area contributed by atoms with Crippen LogP contribution in [0.5, 0.6) is 0 Å². The summed E-state index contributed by atoms with van der Waals surface area (Å²) in [5.41, 5.74) is 2.25. The second-order valence-electron chi connectivity index (χ2n) is 7.31. The topological polar surface area (TPSA) is 55.8 Å². The Hall–Kier alpha value is -1.61. The van der Waals surface area contributed by atoms with Crippen molar-refractivity contribution in [3.8, 4) is 0 Å². The largest absolute Gasteiger partial charge is 0.363 e. The molecule has 2 aromatic rings. The zero-order valence-electron chi connectivity index (χ0n) is 17.2. The SMILES string of the molecule is CN=C(NCCN1CCCCC1)NCc1cc(N(C)C)nc2ccccc12.I. The number of likely N-dealkylation sites (tertiary alicyclic amines) is 1. The van der Waals surface area contributed by atoms with E-state index in [0.29, 0.717) is 6.54 Å². The Bertz CT molecular complexity index is 771. The highest BCUT2D eigenvalue weighted by molar-refractivity contribution is 14.0. The first-order valence-corrected chi connectivity index (χ1v) is 9.90. The Morgan fingerprint density at radius 2 is 1.89 bits per heavy atom. The molecule has 1 aliphatic heterocycles. The van der Waals surface area contributed by atoms with Gasteiger partial charge >= 0.3 is 0 Å². The van der Waals surface area contributed by atoms with Gasteiger partial charge in [-0.05, 0) is 43.6 Å². The summed E-state index contributed by atoms with van der Waals surface area (Å²) < 4.78 is 0. The van der Waals surface area contributed by atoms with E-state index in [1.54, 1.807) is 0 Å². The van der Waals surface area contributed by atoms with Gasteiger partial charge in [0.25, 0.3) is 0 Å². The number of anilines is 1. The molecule has 2 heterocycles. The highest BCUT2D eigenvalue weighted by Gasteiger charge is 2.10. The monoisotopic (exact) mass is 496 g/mol. The highest BCUT2D eigenvalue weighted by atomic mass is 127. The molecule has 1 aromatic carbocycles. The second-order valence-corrected chi connectivity index (χ2v) is 7.31. The zero-order chi connectivity index (χ0) is 19.1. The van der Waals surface area contributed by atoms with Crippen LogP contribution in [0.4, 0.5) is 5.82 Å². The van der Waals surface area contributed by atoms with Crippen LogP contribution in [0.1, 0.15) is 24.8 Å². The number of halogens is 1. The van der Waals surface area contributed by atoms with Crippen LogP contribution in [-0.2, 0) is 6.54 Å². The Balaban J connectivity index is 0.00000280. The molecule has 28 heavy (non-hydrogen) atoms. The Labute approximate surface area is 185 Å². The standard InChI is InChI=1S/C21H32N6.HI/c1-22-21(23-11-14-27-12-7-4-8-13-27)24-16-17-15-20(26(2)3)25-19-10-6-5-9-18(17)19;/h5-6,9-10,15H,4,7-8,11-14,16H2,1-3H3,(H2,22,23,24);1H. The van der Waals surface area contributed by atoms with Crippen molar-refractivity contribution in [1.29, 1.82) is 0 Å². The fourth-order valence-electron chi connectivity index (χ4n) is 3.52. The van der Waals surface area contributed by atoms with Crippen molar-refractivity contribution >= 4 is 46.7 Å². The molecule has 1 fully saturated rings. The third-order valence-electron chi connectivity index (χ3n) is 5.09. The number of hydrogen-bond acceptors (Lipinski definition) is 4. The van der Waals surface area contributed by atoms with Crippen LogP contribution < -0.4 is 15.5 Å². The Morgan fingerprint density at radius 3 is 2.61 bits per heavy atom. The summed E-state index contributed by atoms with van der Waals surface area (Å²) in [6.07, 6.45) is 4.04. The molecule has 1 saturated heterocycles. The molecule has 1 aliphatic rings. The number of aromatic nitrogens is 1. The summed E-state index contributed by atoms with van der Waals surface area (Å²) in [4.78, 5) is 13.7. The summed E-state index contributed by atoms with van der Waals surface area (Å²) in [6, 6.07) is 10.4. The fourth-order valence-corrected chi connectivity index (χ4v) is 3.52. The van der Waals surface area contributed by atoms with Gasteiger partial charge in [0.1, 0.15) is 5.82 Å². The van der Waals surface area contributed by atoms with Gasteiger partial charge in [0.05, 0.1) is 5.52 Å². The van der Waals surface area contributed by atoms with Gasteiger partial charge < -0.3 is 20.4 Å². The van der Waals surface area contributed by atoms with Crippen molar-refractivity contribution in [2.75, 3.05) is 52.2 Å². The lowest BCUT2D eigenvalue weighted by molar-refractivity contribution is 0.232. The average Bonchev–Trinajstić information content (AvgIpc) is 2.70. The molecule has 3 rings (SSSR count). The van der Waals surface area contributed by atoms with Gasteiger partial charge in [0.2, 0.25) is 0 Å². The van der Waals surface area contributed by atoms with E-state index in [2.05, 4.69) is 44.8 Å². The number of nitrogens with one attached hydrogen (secondary N) is 2. The first-order chi connectivity index (χ1) is 13.2. The van der Waals surface area contributed by atoms with E-state index in [0.717, 1.165) is 30.4 Å². The first kappa shape index (κ1) is 22.7. The van der Waals surface area contributed by atoms with Crippen LogP contribution in [0, 0.1) is 0 Å². The molecule has 7 heteroatoms. The molecular weight excluding hydrogens is 463 g/mol. The smallest absolute Gasteiger partial charge is 0.191 e. The summed E-state index contributed by atoms with van der Waals surface area (Å²) in [6.45, 7) is 5.16. The lowest BCUT2D eigenvalue weighted by atomic mass is 10.1. The molecule has 0 saturated carbocycles. The summed E-state index contributed by atoms with van der Waals surface area (Å²) >= 11 is 0. The fraction of sp³-hybridized carbons (Fsp3) is 0.524. The van der Waals surface area contributed by atoms with Crippen molar-refractivity contribution in [3.63, 3.8) is 0 Å². The molecule has 1 aromatic heterocycles. The highest BCUT2D eigenvalue weighted by Crippen LogP contribution is 2.21. The maximum atomic E-state index is 4.73. The van der Waals surface area contributed by atoms with Crippen LogP contribution in [0.25, 0.3) is 10.9 Å². The van der Waals surface area contributed by atoms with E-state index in [4.69, 9.17) is 4.98 Å². The normalized spacial score (nSPS) is 15.2. The van der Waals surface area contributed by atoms with Crippen molar-refractivity contribution in [1.82, 2.24) is 20.5 Å². The molecule has 0 amide bonds. The number of rotatable bonds is 6. The number of nitrogens with zero attached hydrogens (tertiary/aromatic N) is 4. The van der Waals surface area contributed by atoms with Gasteiger partial charge in [0, 0.05) is 46.2 Å². The zero-order valence-corrected chi connectivity index (χ0v) is 19.6. The number of piperidine rings is 1. The van der Waals surface area contributed by atoms with E-state index < -0.39 is 0 Å². The van der Waals surface area contributed by atoms with E-state index >= 15 is 0 Å². The molecule has 154 valence electrons. The number of para-hydroxylation sites is 1. The van der Waals surface area contributed by atoms with E-state index in [1.807, 2.05) is 32.1 Å². The van der Waals surface area contributed by atoms with Crippen molar-refractivity contribution in [2.24, 2.45) is 4.99 Å². The maximum absolute atomic E-state index is 4.73. The van der Waals surface area contributed by atoms with Gasteiger partial charge in [-0.3, -0.25) is 4.99 Å². The molecule has 0 radical (unpaired) electrons. The van der Waals surface area contributed by atoms with Gasteiger partial charge in [-0.25, -0.2) is 4.98 Å². The summed E-state index contributed by atoms with van der Waals surface area (Å²) in [7, 11) is 5.87. The van der Waals surface area contributed by atoms with Gasteiger partial charge in [-0.15, -0.1) is 24.0 Å². The third kappa shape index (κ3) is 6.20. The average molecular weight is 496 g/mol. The van der Waals surface area contributed by atoms with Crippen molar-refractivity contribution < 1.29 is 0 Å². The first-order valence-electron chi connectivity index (χ1n) is 9.90. The summed E-state index contributed by atoms with van der Waals surface area (Å²) in [5, 5.41) is 8.08. The van der Waals surface area contributed by atoms with E-state index in [1.165, 1.54) is 43.3 Å². The van der Waals surface area contributed by atoms with Crippen LogP contribution in [-0.4, -0.2) is 63.2 Å². The molecule has 0 atom stereocenters. The maximum Gasteiger partial charge on any atom is 0.191 e. The minimum atomic E-state index is 0. The molecular formula is C21H33IN6. The molecule has 6 nitrogen and oxygen atoms in total. The Morgan fingerprint density at radius 1 is 1.14 bits per heavy atom. The minimum Gasteiger partial charge on any atom is -0.363 e. The molecule has 2 N–H and O–H groups in total. The van der Waals surface area contributed by atoms with E-state index in [9.17, 15) is 0 Å². The number of guanidine groups is 1. The van der Waals surface area contributed by atoms with E-state index in [-0.39, 0.29) is 24.0 Å². The number of hydrogen-bond donors (Lipinski definition) is 2. The van der Waals surface area contributed by atoms with Gasteiger partial charge in [-0.2, -0.15) is 0 Å². The number of aliphatic imine (C=N–C) groups is 1. The lowest BCUT2D eigenvalue weighted by Gasteiger charge is -2.26. The van der Waals surface area contributed by atoms with Gasteiger partial charge in [-0.1, -0.05) is 24.6 Å².